The van der Waals surface area contributed by atoms with Crippen molar-refractivity contribution in [2.24, 2.45) is 11.8 Å². The maximum absolute atomic E-state index is 12.5. The number of amides is 1. The van der Waals surface area contributed by atoms with Crippen molar-refractivity contribution in [1.29, 1.82) is 0 Å². The second kappa shape index (κ2) is 7.22. The zero-order valence-corrected chi connectivity index (χ0v) is 17.0. The predicted molar refractivity (Wildman–Crippen MR) is 102 cm³/mol. The van der Waals surface area contributed by atoms with E-state index in [4.69, 9.17) is 4.74 Å². The number of ether oxygens (including phenoxy) is 1. The molecule has 0 aromatic carbocycles. The molecule has 1 N–H and O–H groups in total. The van der Waals surface area contributed by atoms with Gasteiger partial charge in [-0.15, -0.1) is 0 Å². The number of nitrogens with zero attached hydrogens (tertiary/aromatic N) is 2. The molecule has 7 nitrogen and oxygen atoms in total. The Bertz CT molecular complexity index is 848. The molecule has 1 aromatic rings. The average Bonchev–Trinajstić information content (AvgIpc) is 3.16. The minimum absolute atomic E-state index is 0.0909. The average molecular weight is 394 g/mol. The maximum atomic E-state index is 12.5. The maximum Gasteiger partial charge on any atom is 0.258 e. The van der Waals surface area contributed by atoms with Gasteiger partial charge in [-0.2, -0.15) is 4.98 Å². The summed E-state index contributed by atoms with van der Waals surface area (Å²) in [5.74, 6) is 2.07. The zero-order chi connectivity index (χ0) is 19.8. The summed E-state index contributed by atoms with van der Waals surface area (Å²) in [6.07, 6.45) is 7.39. The summed E-state index contributed by atoms with van der Waals surface area (Å²) in [6, 6.07) is 0. The standard InChI is InChI=1S/C19H27N3O4S/c1-19(2,3)18-21-11-15(16(23)20-6-5-7-27(4,24)25)17(22-18)26-14-9-12-8-13(12)10-14/h5,7,11-14H,6,8-10H2,1-4H3,(H,20,23)/b7-5+/t12-,13+,14?. The molecule has 0 spiro atoms. The quantitative estimate of drug-likeness (QED) is 0.796. The molecule has 27 heavy (non-hydrogen) atoms. The van der Waals surface area contributed by atoms with E-state index >= 15 is 0 Å². The fourth-order valence-corrected chi connectivity index (χ4v) is 3.80. The van der Waals surface area contributed by atoms with E-state index in [1.165, 1.54) is 18.7 Å². The van der Waals surface area contributed by atoms with Gasteiger partial charge in [-0.3, -0.25) is 4.79 Å². The van der Waals surface area contributed by atoms with Crippen LogP contribution in [0.2, 0.25) is 0 Å². The topological polar surface area (TPSA) is 98.2 Å². The summed E-state index contributed by atoms with van der Waals surface area (Å²) in [5.41, 5.74) is 0.0136. The summed E-state index contributed by atoms with van der Waals surface area (Å²) in [4.78, 5) is 21.4. The number of hydrogen-bond acceptors (Lipinski definition) is 6. The van der Waals surface area contributed by atoms with Gasteiger partial charge in [0.2, 0.25) is 5.88 Å². The fourth-order valence-electron chi connectivity index (χ4n) is 3.36. The van der Waals surface area contributed by atoms with E-state index < -0.39 is 9.84 Å². The van der Waals surface area contributed by atoms with Crippen LogP contribution >= 0.6 is 0 Å². The molecule has 1 amide bonds. The highest BCUT2D eigenvalue weighted by molar-refractivity contribution is 7.93. The molecule has 0 saturated heterocycles. The molecule has 1 aromatic heterocycles. The van der Waals surface area contributed by atoms with E-state index in [1.54, 1.807) is 0 Å². The van der Waals surface area contributed by atoms with Crippen LogP contribution < -0.4 is 10.1 Å². The molecular weight excluding hydrogens is 366 g/mol. The van der Waals surface area contributed by atoms with E-state index in [-0.39, 0.29) is 29.5 Å². The number of nitrogens with one attached hydrogen (secondary N) is 1. The molecule has 3 atom stereocenters. The van der Waals surface area contributed by atoms with Gasteiger partial charge in [-0.05, 0) is 31.1 Å². The fraction of sp³-hybridized carbons (Fsp3) is 0.632. The van der Waals surface area contributed by atoms with Crippen LogP contribution in [-0.2, 0) is 15.3 Å². The van der Waals surface area contributed by atoms with Crippen LogP contribution in [0.15, 0.2) is 17.7 Å². The zero-order valence-electron chi connectivity index (χ0n) is 16.2. The first-order valence-corrected chi connectivity index (χ1v) is 11.2. The molecule has 2 aliphatic carbocycles. The molecule has 1 heterocycles. The van der Waals surface area contributed by atoms with Gasteiger partial charge in [0, 0.05) is 29.8 Å². The van der Waals surface area contributed by atoms with E-state index in [2.05, 4.69) is 15.3 Å². The van der Waals surface area contributed by atoms with E-state index in [0.29, 0.717) is 11.7 Å². The molecule has 0 aliphatic heterocycles. The van der Waals surface area contributed by atoms with E-state index in [1.807, 2.05) is 20.8 Å². The second-order valence-electron chi connectivity index (χ2n) is 8.54. The van der Waals surface area contributed by atoms with Crippen LogP contribution in [0.4, 0.5) is 0 Å². The molecule has 8 heteroatoms. The Labute approximate surface area is 160 Å². The first-order valence-electron chi connectivity index (χ1n) is 9.22. The number of fused-ring (bicyclic) bond motifs is 1. The number of aromatic nitrogens is 2. The monoisotopic (exact) mass is 393 g/mol. The van der Waals surface area contributed by atoms with E-state index in [9.17, 15) is 13.2 Å². The summed E-state index contributed by atoms with van der Waals surface area (Å²) < 4.78 is 28.3. The Balaban J connectivity index is 1.75. The number of carbonyl (C=O) groups excluding carboxylic acids is 1. The molecular formula is C19H27N3O4S. The third-order valence-electron chi connectivity index (χ3n) is 4.87. The van der Waals surface area contributed by atoms with Crippen molar-refractivity contribution in [3.63, 3.8) is 0 Å². The molecule has 148 valence electrons. The molecule has 3 rings (SSSR count). The van der Waals surface area contributed by atoms with Crippen molar-refractivity contribution in [3.8, 4) is 5.88 Å². The smallest absolute Gasteiger partial charge is 0.258 e. The molecule has 1 unspecified atom stereocenters. The van der Waals surface area contributed by atoms with Gasteiger partial charge in [0.15, 0.2) is 9.84 Å². The summed E-state index contributed by atoms with van der Waals surface area (Å²) >= 11 is 0. The van der Waals surface area contributed by atoms with Crippen molar-refractivity contribution >= 4 is 15.7 Å². The number of sulfone groups is 1. The molecule has 0 radical (unpaired) electrons. The highest BCUT2D eigenvalue weighted by Crippen LogP contribution is 2.52. The van der Waals surface area contributed by atoms with Gasteiger partial charge in [0.05, 0.1) is 0 Å². The highest BCUT2D eigenvalue weighted by Gasteiger charge is 2.47. The Kier molecular flexibility index (Phi) is 5.29. The molecule has 2 saturated carbocycles. The largest absolute Gasteiger partial charge is 0.474 e. The summed E-state index contributed by atoms with van der Waals surface area (Å²) in [5, 5.41) is 3.73. The SMILES string of the molecule is CC(C)(C)c1ncc(C(=O)NC/C=C/S(C)(=O)=O)c(OC2C[C@@H]3C[C@@H]3C2)n1. The van der Waals surface area contributed by atoms with Gasteiger partial charge in [0.25, 0.3) is 5.91 Å². The lowest BCUT2D eigenvalue weighted by molar-refractivity contribution is 0.0947. The lowest BCUT2D eigenvalue weighted by Gasteiger charge is -2.21. The van der Waals surface area contributed by atoms with Gasteiger partial charge in [0.1, 0.15) is 17.5 Å². The van der Waals surface area contributed by atoms with Crippen LogP contribution in [0.25, 0.3) is 0 Å². The molecule has 2 fully saturated rings. The predicted octanol–water partition coefficient (Wildman–Crippen LogP) is 2.24. The lowest BCUT2D eigenvalue weighted by atomic mass is 9.95. The number of hydrogen-bond donors (Lipinski definition) is 1. The van der Waals surface area contributed by atoms with Crippen molar-refractivity contribution in [1.82, 2.24) is 15.3 Å². The van der Waals surface area contributed by atoms with E-state index in [0.717, 1.165) is 36.3 Å². The third kappa shape index (κ3) is 5.28. The Morgan fingerprint density at radius 3 is 2.56 bits per heavy atom. The summed E-state index contributed by atoms with van der Waals surface area (Å²) in [6.45, 7) is 6.12. The Hall–Kier alpha value is -1.96. The first-order chi connectivity index (χ1) is 12.5. The molecule has 0 bridgehead atoms. The van der Waals surface area contributed by atoms with Gasteiger partial charge < -0.3 is 10.1 Å². The van der Waals surface area contributed by atoms with Gasteiger partial charge in [-0.1, -0.05) is 26.8 Å². The highest BCUT2D eigenvalue weighted by atomic mass is 32.2. The van der Waals surface area contributed by atoms with Crippen molar-refractivity contribution in [2.45, 2.75) is 51.6 Å². The van der Waals surface area contributed by atoms with Crippen molar-refractivity contribution < 1.29 is 17.9 Å². The third-order valence-corrected chi connectivity index (χ3v) is 5.56. The first kappa shape index (κ1) is 19.8. The van der Waals surface area contributed by atoms with Crippen LogP contribution in [0.5, 0.6) is 5.88 Å². The Morgan fingerprint density at radius 1 is 1.30 bits per heavy atom. The minimum Gasteiger partial charge on any atom is -0.474 e. The lowest BCUT2D eigenvalue weighted by Crippen LogP contribution is -2.27. The Morgan fingerprint density at radius 2 is 1.96 bits per heavy atom. The number of rotatable bonds is 6. The van der Waals surface area contributed by atoms with Crippen LogP contribution in [0.1, 0.15) is 56.2 Å². The van der Waals surface area contributed by atoms with Crippen LogP contribution in [0, 0.1) is 11.8 Å². The van der Waals surface area contributed by atoms with Crippen LogP contribution in [0.3, 0.4) is 0 Å². The minimum atomic E-state index is -3.21. The second-order valence-corrected chi connectivity index (χ2v) is 10.5. The normalized spacial score (nSPS) is 24.7. The summed E-state index contributed by atoms with van der Waals surface area (Å²) in [7, 11) is -3.21. The van der Waals surface area contributed by atoms with Crippen molar-refractivity contribution in [3.05, 3.63) is 29.1 Å². The van der Waals surface area contributed by atoms with Gasteiger partial charge >= 0.3 is 0 Å². The molecule has 2 aliphatic rings. The number of carbonyl (C=O) groups is 1. The van der Waals surface area contributed by atoms with Gasteiger partial charge in [-0.25, -0.2) is 13.4 Å². The van der Waals surface area contributed by atoms with Crippen molar-refractivity contribution in [2.75, 3.05) is 12.8 Å². The van der Waals surface area contributed by atoms with Crippen LogP contribution in [-0.4, -0.2) is 43.2 Å².